The molecule has 0 saturated carbocycles. The van der Waals surface area contributed by atoms with Gasteiger partial charge in [0.2, 0.25) is 0 Å². The smallest absolute Gasteiger partial charge is 0.338 e. The Bertz CT molecular complexity index is 304. The monoisotopic (exact) mass is 212 g/mol. The van der Waals surface area contributed by atoms with Gasteiger partial charge in [-0.15, -0.1) is 0 Å². The Morgan fingerprint density at radius 3 is 2.73 bits per heavy atom. The summed E-state index contributed by atoms with van der Waals surface area (Å²) >= 11 is 0. The van der Waals surface area contributed by atoms with Crippen LogP contribution in [0.15, 0.2) is 23.3 Å². The minimum absolute atomic E-state index is 0.0662. The standard InChI is InChI=1S/C11H16O4/c1-3-5-7-8(6-15-11(7)14)10(13)9(12)4-2/h3,5,9-10,12-13H,4,6H2,1-2H3/b5-3+/t9-,10+/m1/s1. The normalized spacial score (nSPS) is 20.9. The number of cyclic esters (lactones) is 1. The number of hydrogen-bond acceptors (Lipinski definition) is 4. The number of carbonyl (C=O) groups is 1. The number of aliphatic hydroxyl groups excluding tert-OH is 2. The third-order valence-corrected chi connectivity index (χ3v) is 2.40. The molecule has 1 aliphatic rings. The molecule has 0 spiro atoms. The second-order valence-corrected chi connectivity index (χ2v) is 3.44. The molecule has 0 saturated heterocycles. The first kappa shape index (κ1) is 11.9. The van der Waals surface area contributed by atoms with Gasteiger partial charge in [-0.25, -0.2) is 4.79 Å². The lowest BCUT2D eigenvalue weighted by Crippen LogP contribution is -2.28. The highest BCUT2D eigenvalue weighted by molar-refractivity contribution is 5.95. The van der Waals surface area contributed by atoms with Gasteiger partial charge >= 0.3 is 5.97 Å². The first-order chi connectivity index (χ1) is 7.11. The predicted molar refractivity (Wildman–Crippen MR) is 55.1 cm³/mol. The Balaban J connectivity index is 2.95. The molecule has 0 aromatic rings. The summed E-state index contributed by atoms with van der Waals surface area (Å²) in [5.41, 5.74) is 0.824. The van der Waals surface area contributed by atoms with Crippen LogP contribution in [-0.4, -0.2) is 35.0 Å². The van der Waals surface area contributed by atoms with Crippen molar-refractivity contribution in [3.8, 4) is 0 Å². The molecule has 0 amide bonds. The van der Waals surface area contributed by atoms with E-state index in [4.69, 9.17) is 4.74 Å². The molecule has 0 aromatic carbocycles. The minimum atomic E-state index is -1.02. The van der Waals surface area contributed by atoms with E-state index in [1.165, 1.54) is 0 Å². The molecule has 84 valence electrons. The molecule has 2 atom stereocenters. The number of aliphatic hydroxyl groups is 2. The Morgan fingerprint density at radius 1 is 1.53 bits per heavy atom. The average Bonchev–Trinajstić information content (AvgIpc) is 2.59. The highest BCUT2D eigenvalue weighted by Gasteiger charge is 2.30. The number of hydrogen-bond donors (Lipinski definition) is 2. The van der Waals surface area contributed by atoms with E-state index in [9.17, 15) is 15.0 Å². The van der Waals surface area contributed by atoms with Crippen LogP contribution in [0, 0.1) is 0 Å². The van der Waals surface area contributed by atoms with Crippen LogP contribution in [-0.2, 0) is 9.53 Å². The topological polar surface area (TPSA) is 66.8 Å². The summed E-state index contributed by atoms with van der Waals surface area (Å²) in [5, 5.41) is 19.2. The van der Waals surface area contributed by atoms with Crippen molar-refractivity contribution in [1.82, 2.24) is 0 Å². The SMILES string of the molecule is C/C=C/C1=C([C@H](O)[C@H](O)CC)COC1=O. The number of ether oxygens (including phenoxy) is 1. The fraction of sp³-hybridized carbons (Fsp3) is 0.545. The van der Waals surface area contributed by atoms with Crippen molar-refractivity contribution in [3.63, 3.8) is 0 Å². The van der Waals surface area contributed by atoms with Gasteiger partial charge in [0.05, 0.1) is 11.7 Å². The quantitative estimate of drug-likeness (QED) is 0.668. The van der Waals surface area contributed by atoms with Gasteiger partial charge in [-0.3, -0.25) is 0 Å². The molecule has 4 nitrogen and oxygen atoms in total. The van der Waals surface area contributed by atoms with E-state index in [1.54, 1.807) is 26.0 Å². The second-order valence-electron chi connectivity index (χ2n) is 3.44. The lowest BCUT2D eigenvalue weighted by Gasteiger charge is -2.16. The van der Waals surface area contributed by atoms with Crippen LogP contribution in [0.2, 0.25) is 0 Å². The van der Waals surface area contributed by atoms with Gasteiger partial charge in [0.1, 0.15) is 12.7 Å². The Morgan fingerprint density at radius 2 is 2.20 bits per heavy atom. The Labute approximate surface area is 88.9 Å². The summed E-state index contributed by atoms with van der Waals surface area (Å²) in [7, 11) is 0. The molecule has 0 fully saturated rings. The zero-order valence-electron chi connectivity index (χ0n) is 8.93. The second kappa shape index (κ2) is 5.09. The highest BCUT2D eigenvalue weighted by atomic mass is 16.5. The maximum absolute atomic E-state index is 11.3. The lowest BCUT2D eigenvalue weighted by molar-refractivity contribution is -0.135. The number of rotatable bonds is 4. The summed E-state index contributed by atoms with van der Waals surface area (Å²) in [6.45, 7) is 3.61. The first-order valence-corrected chi connectivity index (χ1v) is 5.00. The lowest BCUT2D eigenvalue weighted by atomic mass is 9.99. The number of allylic oxidation sites excluding steroid dienone is 1. The highest BCUT2D eigenvalue weighted by Crippen LogP contribution is 2.22. The number of esters is 1. The van der Waals surface area contributed by atoms with E-state index >= 15 is 0 Å². The van der Waals surface area contributed by atoms with Gasteiger partial charge in [-0.05, 0) is 13.3 Å². The molecule has 4 heteroatoms. The van der Waals surface area contributed by atoms with Crippen molar-refractivity contribution < 1.29 is 19.7 Å². The summed E-state index contributed by atoms with van der Waals surface area (Å²) in [5.74, 6) is -0.439. The first-order valence-electron chi connectivity index (χ1n) is 5.00. The summed E-state index contributed by atoms with van der Waals surface area (Å²) in [6, 6.07) is 0. The molecule has 0 unspecified atom stereocenters. The fourth-order valence-corrected chi connectivity index (χ4v) is 1.47. The summed E-state index contributed by atoms with van der Waals surface area (Å²) in [4.78, 5) is 11.3. The van der Waals surface area contributed by atoms with Gasteiger partial charge in [0.15, 0.2) is 0 Å². The third kappa shape index (κ3) is 2.46. The molecule has 1 heterocycles. The van der Waals surface area contributed by atoms with Crippen LogP contribution in [0.1, 0.15) is 20.3 Å². The third-order valence-electron chi connectivity index (χ3n) is 2.40. The van der Waals surface area contributed by atoms with Gasteiger partial charge in [0.25, 0.3) is 0 Å². The van der Waals surface area contributed by atoms with Crippen LogP contribution in [0.3, 0.4) is 0 Å². The van der Waals surface area contributed by atoms with Crippen molar-refractivity contribution in [3.05, 3.63) is 23.3 Å². The van der Waals surface area contributed by atoms with Crippen LogP contribution in [0.25, 0.3) is 0 Å². The van der Waals surface area contributed by atoms with Crippen molar-refractivity contribution in [2.75, 3.05) is 6.61 Å². The molecular weight excluding hydrogens is 196 g/mol. The van der Waals surface area contributed by atoms with Gasteiger partial charge in [-0.2, -0.15) is 0 Å². The van der Waals surface area contributed by atoms with Crippen LogP contribution in [0.5, 0.6) is 0 Å². The molecule has 0 bridgehead atoms. The minimum Gasteiger partial charge on any atom is -0.457 e. The number of carbonyl (C=O) groups excluding carboxylic acids is 1. The maximum atomic E-state index is 11.3. The summed E-state index contributed by atoms with van der Waals surface area (Å²) in [6.07, 6.45) is 1.85. The summed E-state index contributed by atoms with van der Waals surface area (Å²) < 4.78 is 4.81. The zero-order chi connectivity index (χ0) is 11.4. The molecule has 1 aliphatic heterocycles. The van der Waals surface area contributed by atoms with E-state index in [1.807, 2.05) is 0 Å². The van der Waals surface area contributed by atoms with Gasteiger partial charge in [0, 0.05) is 5.57 Å². The molecule has 0 aromatic heterocycles. The molecule has 1 rings (SSSR count). The Hall–Kier alpha value is -1.13. The van der Waals surface area contributed by atoms with Crippen LogP contribution < -0.4 is 0 Å². The maximum Gasteiger partial charge on any atom is 0.338 e. The molecular formula is C11H16O4. The van der Waals surface area contributed by atoms with Gasteiger partial charge in [-0.1, -0.05) is 19.1 Å². The predicted octanol–water partition coefficient (Wildman–Crippen LogP) is 0.548. The van der Waals surface area contributed by atoms with Crippen molar-refractivity contribution in [1.29, 1.82) is 0 Å². The largest absolute Gasteiger partial charge is 0.457 e. The Kier molecular flexibility index (Phi) is 4.05. The average molecular weight is 212 g/mol. The van der Waals surface area contributed by atoms with Crippen LogP contribution >= 0.6 is 0 Å². The van der Waals surface area contributed by atoms with E-state index in [2.05, 4.69) is 0 Å². The van der Waals surface area contributed by atoms with Crippen molar-refractivity contribution in [2.45, 2.75) is 32.5 Å². The molecule has 0 aliphatic carbocycles. The van der Waals surface area contributed by atoms with Crippen molar-refractivity contribution >= 4 is 5.97 Å². The van der Waals surface area contributed by atoms with Crippen molar-refractivity contribution in [2.24, 2.45) is 0 Å². The van der Waals surface area contributed by atoms with E-state index in [0.29, 0.717) is 17.6 Å². The zero-order valence-corrected chi connectivity index (χ0v) is 8.93. The van der Waals surface area contributed by atoms with E-state index in [0.717, 1.165) is 0 Å². The molecule has 2 N–H and O–H groups in total. The molecule has 0 radical (unpaired) electrons. The fourth-order valence-electron chi connectivity index (χ4n) is 1.47. The van der Waals surface area contributed by atoms with Crippen LogP contribution in [0.4, 0.5) is 0 Å². The van der Waals surface area contributed by atoms with E-state index in [-0.39, 0.29) is 6.61 Å². The molecule has 15 heavy (non-hydrogen) atoms. The van der Waals surface area contributed by atoms with Gasteiger partial charge < -0.3 is 14.9 Å². The van der Waals surface area contributed by atoms with E-state index < -0.39 is 18.2 Å².